The van der Waals surface area contributed by atoms with Crippen molar-refractivity contribution >= 4 is 69.4 Å². The molecule has 3 amide bonds. The summed E-state index contributed by atoms with van der Waals surface area (Å²) >= 11 is 15.2. The number of nitrogens with zero attached hydrogens (tertiary/aromatic N) is 1. The van der Waals surface area contributed by atoms with E-state index < -0.39 is 17.1 Å². The van der Waals surface area contributed by atoms with Crippen LogP contribution in [0.1, 0.15) is 63.6 Å². The van der Waals surface area contributed by atoms with E-state index >= 15 is 0 Å². The van der Waals surface area contributed by atoms with Crippen molar-refractivity contribution in [1.82, 2.24) is 10.2 Å². The first kappa shape index (κ1) is 33.2. The molecule has 3 aliphatic heterocycles. The Morgan fingerprint density at radius 3 is 2.57 bits per heavy atom. The normalized spacial score (nSPS) is 26.3. The van der Waals surface area contributed by atoms with E-state index in [4.69, 9.17) is 32.7 Å². The van der Waals surface area contributed by atoms with Crippen LogP contribution in [-0.4, -0.2) is 48.1 Å². The number of nitrogens with one attached hydrogen (secondary N) is 2. The molecule has 0 bridgehead atoms. The van der Waals surface area contributed by atoms with E-state index in [1.165, 1.54) is 0 Å². The number of allylic oxidation sites excluding steroid dienone is 4. The number of ether oxygens (including phenoxy) is 2. The van der Waals surface area contributed by atoms with Crippen molar-refractivity contribution in [3.05, 3.63) is 79.4 Å². The van der Waals surface area contributed by atoms with Gasteiger partial charge < -0.3 is 25.0 Å². The highest BCUT2D eigenvalue weighted by Gasteiger charge is 2.62. The van der Waals surface area contributed by atoms with Gasteiger partial charge in [0.1, 0.15) is 16.8 Å². The summed E-state index contributed by atoms with van der Waals surface area (Å²) < 4.78 is 13.1. The van der Waals surface area contributed by atoms with Crippen molar-refractivity contribution in [3.8, 4) is 5.75 Å². The molecule has 6 rings (SSSR count). The first-order chi connectivity index (χ1) is 21.8. The zero-order valence-electron chi connectivity index (χ0n) is 26.1. The van der Waals surface area contributed by atoms with Gasteiger partial charge in [0.05, 0.1) is 12.6 Å². The van der Waals surface area contributed by atoms with Crippen LogP contribution in [0, 0.1) is 21.3 Å². The Balaban J connectivity index is 1.32. The molecule has 3 heterocycles. The van der Waals surface area contributed by atoms with Gasteiger partial charge in [-0.25, -0.2) is 4.79 Å². The van der Waals surface area contributed by atoms with Crippen LogP contribution in [0.4, 0.5) is 10.5 Å². The van der Waals surface area contributed by atoms with Gasteiger partial charge in [-0.3, -0.25) is 9.59 Å². The van der Waals surface area contributed by atoms with Crippen LogP contribution < -0.4 is 15.4 Å². The molecule has 0 aromatic heterocycles. The van der Waals surface area contributed by atoms with Crippen molar-refractivity contribution in [2.24, 2.45) is 17.8 Å². The first-order valence-electron chi connectivity index (χ1n) is 15.7. The molecule has 2 fully saturated rings. The predicted octanol–water partition coefficient (Wildman–Crippen LogP) is 7.74. The van der Waals surface area contributed by atoms with Gasteiger partial charge in [-0.15, -0.1) is 0 Å². The van der Waals surface area contributed by atoms with Gasteiger partial charge >= 0.3 is 6.09 Å². The molecule has 0 radical (unpaired) electrons. The molecule has 2 aromatic rings. The molecule has 1 aliphatic carbocycles. The zero-order chi connectivity index (χ0) is 32.8. The fourth-order valence-corrected chi connectivity index (χ4v) is 8.28. The van der Waals surface area contributed by atoms with Crippen molar-refractivity contribution in [1.29, 1.82) is 0 Å². The third-order valence-electron chi connectivity index (χ3n) is 9.41. The van der Waals surface area contributed by atoms with Gasteiger partial charge in [-0.05, 0) is 122 Å². The summed E-state index contributed by atoms with van der Waals surface area (Å²) in [5.74, 6) is 0.0171. The largest absolute Gasteiger partial charge is 0.493 e. The Morgan fingerprint density at radius 1 is 1.09 bits per heavy atom. The molecule has 1 unspecified atom stereocenters. The van der Waals surface area contributed by atoms with E-state index in [1.807, 2.05) is 57.2 Å². The third-order valence-corrected chi connectivity index (χ3v) is 10.6. The van der Waals surface area contributed by atoms with E-state index in [9.17, 15) is 14.4 Å². The standard InChI is InChI=1S/C35H38Cl2IN3O5/c1-34(2,3)46-33(44)41-13-11-20(12-14-41)19-45-29-10-8-24(38)17-25(29)31-35(26-9-7-23(37)16-28(26)39-32(35)43)27(18-30(42)40-31)21-5-4-6-22(36)15-21/h4-10,16-17,20-21,27,31H,11-15,18-19H2,1-3H3,(H,39,43)(H,40,42)/t21?,27-,31-,35-/m0/s1. The lowest BCUT2D eigenvalue weighted by molar-refractivity contribution is -0.135. The number of likely N-dealkylation sites (tertiary alicyclic amines) is 1. The maximum Gasteiger partial charge on any atom is 0.410 e. The minimum Gasteiger partial charge on any atom is -0.493 e. The molecular formula is C35H38Cl2IN3O5. The maximum absolute atomic E-state index is 14.5. The number of anilines is 1. The summed E-state index contributed by atoms with van der Waals surface area (Å²) in [7, 11) is 0. The van der Waals surface area contributed by atoms with E-state index in [1.54, 1.807) is 17.0 Å². The number of halogens is 3. The molecule has 2 aromatic carbocycles. The molecule has 1 spiro atoms. The summed E-state index contributed by atoms with van der Waals surface area (Å²) in [6.07, 6.45) is 7.81. The summed E-state index contributed by atoms with van der Waals surface area (Å²) in [5.41, 5.74) is 0.516. The van der Waals surface area contributed by atoms with Crippen LogP contribution in [0.5, 0.6) is 5.75 Å². The van der Waals surface area contributed by atoms with Crippen LogP contribution in [0.15, 0.2) is 59.7 Å². The molecule has 0 saturated carbocycles. The summed E-state index contributed by atoms with van der Waals surface area (Å²) in [6, 6.07) is 10.7. The lowest BCUT2D eigenvalue weighted by Crippen LogP contribution is -2.59. The summed E-state index contributed by atoms with van der Waals surface area (Å²) in [6.45, 7) is 7.23. The SMILES string of the molecule is CC(C)(C)OC(=O)N1CCC(COc2ccc(I)cc2[C@@H]2NC(=O)C[C@@H](C3C=CC=C(Cl)C3)[C@]23C(=O)Nc2cc(Cl)ccc23)CC1. The highest BCUT2D eigenvalue weighted by atomic mass is 127. The smallest absolute Gasteiger partial charge is 0.410 e. The Hall–Kier alpha value is -2.76. The minimum atomic E-state index is -1.14. The van der Waals surface area contributed by atoms with Crippen LogP contribution in [0.25, 0.3) is 0 Å². The number of benzene rings is 2. The van der Waals surface area contributed by atoms with Crippen molar-refractivity contribution in [2.45, 2.75) is 63.5 Å². The van der Waals surface area contributed by atoms with Gasteiger partial charge in [-0.1, -0.05) is 41.4 Å². The second-order valence-corrected chi connectivity index (χ2v) is 15.8. The highest BCUT2D eigenvalue weighted by Crippen LogP contribution is 2.58. The molecule has 46 heavy (non-hydrogen) atoms. The van der Waals surface area contributed by atoms with Gasteiger partial charge in [0.2, 0.25) is 11.8 Å². The molecule has 11 heteroatoms. The number of carbonyl (C=O) groups is 3. The Bertz CT molecular complexity index is 1610. The van der Waals surface area contributed by atoms with Gasteiger partial charge in [0, 0.05) is 44.4 Å². The van der Waals surface area contributed by atoms with Crippen LogP contribution in [0.3, 0.4) is 0 Å². The average Bonchev–Trinajstić information content (AvgIpc) is 3.27. The van der Waals surface area contributed by atoms with Crippen LogP contribution >= 0.6 is 45.8 Å². The lowest BCUT2D eigenvalue weighted by atomic mass is 9.57. The van der Waals surface area contributed by atoms with Gasteiger partial charge in [-0.2, -0.15) is 0 Å². The Morgan fingerprint density at radius 2 is 1.85 bits per heavy atom. The zero-order valence-corrected chi connectivity index (χ0v) is 29.7. The molecule has 4 aliphatic rings. The number of fused-ring (bicyclic) bond motifs is 2. The number of amides is 3. The van der Waals surface area contributed by atoms with Crippen molar-refractivity contribution < 1.29 is 23.9 Å². The quantitative estimate of drug-likeness (QED) is 0.303. The monoisotopic (exact) mass is 777 g/mol. The lowest BCUT2D eigenvalue weighted by Gasteiger charge is -2.49. The fourth-order valence-electron chi connectivity index (χ4n) is 7.34. The van der Waals surface area contributed by atoms with Crippen LogP contribution in [0.2, 0.25) is 5.02 Å². The molecule has 2 saturated heterocycles. The second kappa shape index (κ2) is 13.0. The Kier molecular flexibility index (Phi) is 9.39. The van der Waals surface area contributed by atoms with Crippen LogP contribution in [-0.2, 0) is 19.7 Å². The number of hydrogen-bond donors (Lipinski definition) is 2. The number of piperidine rings is 2. The molecular weight excluding hydrogens is 740 g/mol. The van der Waals surface area contributed by atoms with E-state index in [0.29, 0.717) is 47.6 Å². The minimum absolute atomic E-state index is 0.130. The van der Waals surface area contributed by atoms with E-state index in [-0.39, 0.29) is 42.1 Å². The first-order valence-corrected chi connectivity index (χ1v) is 17.5. The second-order valence-electron chi connectivity index (χ2n) is 13.6. The fraction of sp³-hybridized carbons (Fsp3) is 0.457. The number of hydrogen-bond acceptors (Lipinski definition) is 5. The van der Waals surface area contributed by atoms with E-state index in [2.05, 4.69) is 39.3 Å². The molecule has 4 atom stereocenters. The summed E-state index contributed by atoms with van der Waals surface area (Å²) in [4.78, 5) is 42.3. The summed E-state index contributed by atoms with van der Waals surface area (Å²) in [5, 5.41) is 7.54. The topological polar surface area (TPSA) is 97.0 Å². The molecule has 244 valence electrons. The van der Waals surface area contributed by atoms with Crippen molar-refractivity contribution in [3.63, 3.8) is 0 Å². The molecule has 2 N–H and O–H groups in total. The predicted molar refractivity (Wildman–Crippen MR) is 187 cm³/mol. The van der Waals surface area contributed by atoms with Crippen molar-refractivity contribution in [2.75, 3.05) is 25.0 Å². The van der Waals surface area contributed by atoms with Gasteiger partial charge in [0.25, 0.3) is 0 Å². The Labute approximate surface area is 293 Å². The third kappa shape index (κ3) is 6.52. The van der Waals surface area contributed by atoms with Gasteiger partial charge in [0.15, 0.2) is 0 Å². The molecule has 8 nitrogen and oxygen atoms in total. The average molecular weight is 779 g/mol. The number of rotatable bonds is 5. The van der Waals surface area contributed by atoms with E-state index in [0.717, 1.165) is 27.5 Å². The maximum atomic E-state index is 14.5. The number of carbonyl (C=O) groups excluding carboxylic acids is 3. The highest BCUT2D eigenvalue weighted by molar-refractivity contribution is 14.1.